The largest absolute Gasteiger partial charge is 0.396 e. The summed E-state index contributed by atoms with van der Waals surface area (Å²) >= 11 is 3.47. The minimum atomic E-state index is -0.309. The summed E-state index contributed by atoms with van der Waals surface area (Å²) in [4.78, 5) is 14.3. The maximum absolute atomic E-state index is 12.1. The molecule has 2 rings (SSSR count). The fourth-order valence-electron chi connectivity index (χ4n) is 2.56. The number of carbonyl (C=O) groups is 1. The van der Waals surface area contributed by atoms with Gasteiger partial charge in [0.25, 0.3) is 0 Å². The predicted molar refractivity (Wildman–Crippen MR) is 79.2 cm³/mol. The number of amides is 1. The van der Waals surface area contributed by atoms with Crippen LogP contribution in [0.2, 0.25) is 0 Å². The molecule has 2 N–H and O–H groups in total. The van der Waals surface area contributed by atoms with Crippen LogP contribution in [0.15, 0.2) is 28.7 Å². The normalized spacial score (nSPS) is 23.9. The first-order chi connectivity index (χ1) is 9.13. The van der Waals surface area contributed by atoms with E-state index in [0.29, 0.717) is 13.0 Å². The first-order valence-electron chi connectivity index (χ1n) is 6.56. The molecule has 1 fully saturated rings. The van der Waals surface area contributed by atoms with Crippen LogP contribution in [0, 0.1) is 0 Å². The summed E-state index contributed by atoms with van der Waals surface area (Å²) < 4.78 is 0.990. The molecule has 1 aliphatic rings. The molecule has 4 nitrogen and oxygen atoms in total. The average Bonchev–Trinajstić information content (AvgIpc) is 2.50. The lowest BCUT2D eigenvalue weighted by molar-refractivity contribution is -0.122. The van der Waals surface area contributed by atoms with Crippen molar-refractivity contribution >= 4 is 27.5 Å². The number of aliphatic hydroxyl groups is 1. The van der Waals surface area contributed by atoms with Crippen LogP contribution in [-0.4, -0.2) is 36.2 Å². The number of nitrogens with one attached hydrogen (secondary N) is 1. The fourth-order valence-corrected chi connectivity index (χ4v) is 2.95. The lowest BCUT2D eigenvalue weighted by Crippen LogP contribution is -2.47. The van der Waals surface area contributed by atoms with Crippen LogP contribution in [0.5, 0.6) is 0 Å². The van der Waals surface area contributed by atoms with Crippen LogP contribution < -0.4 is 10.2 Å². The van der Waals surface area contributed by atoms with E-state index in [0.717, 1.165) is 16.6 Å². The van der Waals surface area contributed by atoms with E-state index in [2.05, 4.69) is 33.1 Å². The van der Waals surface area contributed by atoms with E-state index in [1.54, 1.807) is 0 Å². The van der Waals surface area contributed by atoms with Gasteiger partial charge < -0.3 is 15.3 Å². The topological polar surface area (TPSA) is 52.6 Å². The summed E-state index contributed by atoms with van der Waals surface area (Å²) in [5, 5.41) is 12.1. The van der Waals surface area contributed by atoms with Crippen molar-refractivity contribution in [3.8, 4) is 0 Å². The summed E-state index contributed by atoms with van der Waals surface area (Å²) in [5.74, 6) is -0.00150. The fraction of sp³-hybridized carbons (Fsp3) is 0.500. The van der Waals surface area contributed by atoms with Gasteiger partial charge in [-0.2, -0.15) is 0 Å². The van der Waals surface area contributed by atoms with Gasteiger partial charge in [0.1, 0.15) is 6.04 Å². The molecule has 1 amide bonds. The first-order valence-corrected chi connectivity index (χ1v) is 7.35. The summed E-state index contributed by atoms with van der Waals surface area (Å²) in [6.45, 7) is 2.81. The monoisotopic (exact) mass is 326 g/mol. The molecule has 0 bridgehead atoms. The molecule has 2 unspecified atom stereocenters. The summed E-state index contributed by atoms with van der Waals surface area (Å²) in [5.41, 5.74) is 1.01. The molecule has 1 aromatic carbocycles. The lowest BCUT2D eigenvalue weighted by Gasteiger charge is -2.35. The Kier molecular flexibility index (Phi) is 4.82. The minimum Gasteiger partial charge on any atom is -0.396 e. The first kappa shape index (κ1) is 14.3. The Labute approximate surface area is 121 Å². The molecule has 1 heterocycles. The Morgan fingerprint density at radius 1 is 1.53 bits per heavy atom. The quantitative estimate of drug-likeness (QED) is 0.892. The third-order valence-electron chi connectivity index (χ3n) is 3.48. The van der Waals surface area contributed by atoms with Crippen molar-refractivity contribution in [1.29, 1.82) is 0 Å². The number of nitrogens with zero attached hydrogens (tertiary/aromatic N) is 1. The standard InChI is InChI=1S/C14H19BrN2O2/c1-10-5-7-16-14(19)13(6-8-18)17(10)12-4-2-3-11(15)9-12/h2-4,9-10,13,18H,5-8H2,1H3,(H,16,19). The summed E-state index contributed by atoms with van der Waals surface area (Å²) in [7, 11) is 0. The molecule has 0 spiro atoms. The Hall–Kier alpha value is -1.07. The number of benzene rings is 1. The number of hydrogen-bond donors (Lipinski definition) is 2. The molecule has 1 aromatic rings. The van der Waals surface area contributed by atoms with Crippen molar-refractivity contribution in [3.63, 3.8) is 0 Å². The molecule has 5 heteroatoms. The molecular formula is C14H19BrN2O2. The zero-order chi connectivity index (χ0) is 13.8. The van der Waals surface area contributed by atoms with Crippen LogP contribution in [0.25, 0.3) is 0 Å². The van der Waals surface area contributed by atoms with E-state index < -0.39 is 0 Å². The Morgan fingerprint density at radius 3 is 3.00 bits per heavy atom. The molecule has 2 atom stereocenters. The molecule has 0 aliphatic carbocycles. The zero-order valence-corrected chi connectivity index (χ0v) is 12.6. The van der Waals surface area contributed by atoms with E-state index in [9.17, 15) is 9.90 Å². The Bertz CT molecular complexity index is 453. The lowest BCUT2D eigenvalue weighted by atomic mass is 10.1. The van der Waals surface area contributed by atoms with Gasteiger partial charge >= 0.3 is 0 Å². The van der Waals surface area contributed by atoms with Gasteiger partial charge in [0, 0.05) is 29.4 Å². The van der Waals surface area contributed by atoms with Crippen LogP contribution in [0.1, 0.15) is 19.8 Å². The maximum atomic E-state index is 12.1. The van der Waals surface area contributed by atoms with Gasteiger partial charge in [-0.15, -0.1) is 0 Å². The Balaban J connectivity index is 2.37. The molecule has 1 saturated heterocycles. The van der Waals surface area contributed by atoms with Gasteiger partial charge in [-0.1, -0.05) is 22.0 Å². The van der Waals surface area contributed by atoms with Crippen LogP contribution in [0.4, 0.5) is 5.69 Å². The smallest absolute Gasteiger partial charge is 0.242 e. The number of hydrogen-bond acceptors (Lipinski definition) is 3. The van der Waals surface area contributed by atoms with E-state index in [1.807, 2.05) is 24.3 Å². The van der Waals surface area contributed by atoms with E-state index in [4.69, 9.17) is 0 Å². The zero-order valence-electron chi connectivity index (χ0n) is 11.0. The van der Waals surface area contributed by atoms with Crippen molar-refractivity contribution in [2.45, 2.75) is 31.8 Å². The number of anilines is 1. The predicted octanol–water partition coefficient (Wildman–Crippen LogP) is 1.91. The average molecular weight is 327 g/mol. The Morgan fingerprint density at radius 2 is 2.32 bits per heavy atom. The van der Waals surface area contributed by atoms with Gasteiger partial charge in [0.2, 0.25) is 5.91 Å². The number of halogens is 1. The molecule has 1 aliphatic heterocycles. The second kappa shape index (κ2) is 6.39. The highest BCUT2D eigenvalue weighted by Crippen LogP contribution is 2.27. The third-order valence-corrected chi connectivity index (χ3v) is 3.98. The number of aliphatic hydroxyl groups excluding tert-OH is 1. The van der Waals surface area contributed by atoms with Gasteiger partial charge in [-0.25, -0.2) is 0 Å². The maximum Gasteiger partial charge on any atom is 0.242 e. The van der Waals surface area contributed by atoms with Gasteiger partial charge in [0.15, 0.2) is 0 Å². The van der Waals surface area contributed by atoms with E-state index in [-0.39, 0.29) is 24.6 Å². The highest BCUT2D eigenvalue weighted by atomic mass is 79.9. The molecule has 0 aromatic heterocycles. The van der Waals surface area contributed by atoms with Crippen molar-refractivity contribution in [2.75, 3.05) is 18.1 Å². The second-order valence-corrected chi connectivity index (χ2v) is 5.76. The van der Waals surface area contributed by atoms with Gasteiger partial charge in [0.05, 0.1) is 0 Å². The molecular weight excluding hydrogens is 308 g/mol. The van der Waals surface area contributed by atoms with E-state index in [1.165, 1.54) is 0 Å². The van der Waals surface area contributed by atoms with Gasteiger partial charge in [-0.3, -0.25) is 4.79 Å². The van der Waals surface area contributed by atoms with E-state index >= 15 is 0 Å². The SMILES string of the molecule is CC1CCNC(=O)C(CCO)N1c1cccc(Br)c1. The molecule has 19 heavy (non-hydrogen) atoms. The number of rotatable bonds is 3. The molecule has 0 saturated carbocycles. The van der Waals surface area contributed by atoms with Crippen LogP contribution in [-0.2, 0) is 4.79 Å². The van der Waals surface area contributed by atoms with Crippen molar-refractivity contribution in [3.05, 3.63) is 28.7 Å². The molecule has 0 radical (unpaired) electrons. The van der Waals surface area contributed by atoms with Gasteiger partial charge in [-0.05, 0) is 38.0 Å². The number of carbonyl (C=O) groups excluding carboxylic acids is 1. The van der Waals surface area contributed by atoms with Crippen molar-refractivity contribution in [2.24, 2.45) is 0 Å². The van der Waals surface area contributed by atoms with Crippen LogP contribution in [0.3, 0.4) is 0 Å². The summed E-state index contributed by atoms with van der Waals surface area (Å²) in [6, 6.07) is 7.89. The summed E-state index contributed by atoms with van der Waals surface area (Å²) in [6.07, 6.45) is 1.35. The third kappa shape index (κ3) is 3.28. The second-order valence-electron chi connectivity index (χ2n) is 4.84. The van der Waals surface area contributed by atoms with Crippen molar-refractivity contribution in [1.82, 2.24) is 5.32 Å². The van der Waals surface area contributed by atoms with Crippen LogP contribution >= 0.6 is 15.9 Å². The van der Waals surface area contributed by atoms with Crippen molar-refractivity contribution < 1.29 is 9.90 Å². The minimum absolute atomic E-state index is 0.00150. The highest BCUT2D eigenvalue weighted by molar-refractivity contribution is 9.10. The molecule has 104 valence electrons. The highest BCUT2D eigenvalue weighted by Gasteiger charge is 2.31.